The van der Waals surface area contributed by atoms with Crippen LogP contribution in [-0.2, 0) is 16.6 Å². The Balaban J connectivity index is 1.93. The second-order valence-electron chi connectivity index (χ2n) is 8.91. The number of nitrogens with one attached hydrogen (secondary N) is 1. The highest BCUT2D eigenvalue weighted by molar-refractivity contribution is 5.92. The first-order valence-electron chi connectivity index (χ1n) is 9.68. The molecule has 0 bridgehead atoms. The van der Waals surface area contributed by atoms with Crippen LogP contribution >= 0.6 is 0 Å². The van der Waals surface area contributed by atoms with Crippen molar-refractivity contribution in [2.24, 2.45) is 11.3 Å². The molecule has 0 unspecified atom stereocenters. The molecular weight excluding hydrogens is 306 g/mol. The van der Waals surface area contributed by atoms with E-state index < -0.39 is 0 Å². The van der Waals surface area contributed by atoms with E-state index in [1.54, 1.807) is 11.1 Å². The fourth-order valence-corrected chi connectivity index (χ4v) is 5.55. The van der Waals surface area contributed by atoms with E-state index >= 15 is 0 Å². The largest absolute Gasteiger partial charge is 0.345 e. The van der Waals surface area contributed by atoms with Crippen LogP contribution in [0.25, 0.3) is 0 Å². The molecule has 1 saturated carbocycles. The third-order valence-electron chi connectivity index (χ3n) is 6.95. The molecule has 1 aromatic carbocycles. The van der Waals surface area contributed by atoms with Crippen LogP contribution < -0.4 is 5.32 Å². The van der Waals surface area contributed by atoms with Gasteiger partial charge in [-0.05, 0) is 71.0 Å². The maximum absolute atomic E-state index is 11.6. The van der Waals surface area contributed by atoms with Crippen LogP contribution in [0, 0.1) is 23.7 Å². The van der Waals surface area contributed by atoms with Crippen molar-refractivity contribution in [3.8, 4) is 12.3 Å². The zero-order chi connectivity index (χ0) is 18.2. The van der Waals surface area contributed by atoms with Gasteiger partial charge in [0.15, 0.2) is 0 Å². The van der Waals surface area contributed by atoms with E-state index in [9.17, 15) is 4.79 Å². The number of carbonyl (C=O) groups excluding carboxylic acids is 1. The van der Waals surface area contributed by atoms with Gasteiger partial charge in [-0.1, -0.05) is 52.3 Å². The molecule has 1 N–H and O–H groups in total. The molecule has 0 radical (unpaired) electrons. The summed E-state index contributed by atoms with van der Waals surface area (Å²) in [6, 6.07) is 7.15. The van der Waals surface area contributed by atoms with Gasteiger partial charge < -0.3 is 5.32 Å². The lowest BCUT2D eigenvalue weighted by molar-refractivity contribution is -0.116. The fourth-order valence-electron chi connectivity index (χ4n) is 5.55. The summed E-state index contributed by atoms with van der Waals surface area (Å²) in [6.07, 6.45) is 11.2. The molecule has 1 fully saturated rings. The summed E-state index contributed by atoms with van der Waals surface area (Å²) < 4.78 is 0. The zero-order valence-corrected chi connectivity index (χ0v) is 16.1. The third-order valence-corrected chi connectivity index (χ3v) is 6.95. The number of benzene rings is 1. The number of hydrogen-bond donors (Lipinski definition) is 1. The number of hydrogen-bond acceptors (Lipinski definition) is 1. The van der Waals surface area contributed by atoms with Crippen LogP contribution in [0.15, 0.2) is 18.2 Å². The van der Waals surface area contributed by atoms with Gasteiger partial charge in [-0.25, -0.2) is 0 Å². The lowest BCUT2D eigenvalue weighted by Gasteiger charge is -2.55. The molecule has 2 aliphatic carbocycles. The van der Waals surface area contributed by atoms with Crippen LogP contribution in [0.2, 0.25) is 0 Å². The first kappa shape index (κ1) is 18.1. The van der Waals surface area contributed by atoms with Crippen molar-refractivity contribution >= 4 is 5.91 Å². The number of terminal acetylenes is 1. The van der Waals surface area contributed by atoms with Gasteiger partial charge >= 0.3 is 0 Å². The second kappa shape index (κ2) is 6.52. The van der Waals surface area contributed by atoms with E-state index in [0.717, 1.165) is 12.8 Å². The van der Waals surface area contributed by atoms with E-state index in [1.165, 1.54) is 24.8 Å². The molecule has 25 heavy (non-hydrogen) atoms. The van der Waals surface area contributed by atoms with Gasteiger partial charge in [0.05, 0.1) is 0 Å². The Hall–Kier alpha value is -1.75. The fraction of sp³-hybridized carbons (Fsp3) is 0.609. The summed E-state index contributed by atoms with van der Waals surface area (Å²) in [7, 11) is 0. The van der Waals surface area contributed by atoms with Gasteiger partial charge in [0.25, 0.3) is 5.91 Å². The number of rotatable bonds is 3. The van der Waals surface area contributed by atoms with Gasteiger partial charge in [-0.3, -0.25) is 4.79 Å². The Morgan fingerprint density at radius 2 is 2.12 bits per heavy atom. The summed E-state index contributed by atoms with van der Waals surface area (Å²) >= 11 is 0. The molecule has 0 heterocycles. The number of amides is 1. The molecule has 3 rings (SSSR count). The SMILES string of the molecule is C#CC(=O)NC[C@]1(C)CCC[C@]2(C)c3ccc(C(C)C)cc3CC[C@@H]12. The van der Waals surface area contributed by atoms with E-state index in [-0.39, 0.29) is 16.7 Å². The standard InChI is InChI=1S/C23H31NO/c1-6-21(25)24-15-22(4)12-7-13-23(5)19-10-8-17(16(2)3)14-18(19)9-11-20(22)23/h1,8,10,14,16,20H,7,9,11-13,15H2,2-5H3,(H,24,25)/t20-,22-,23+/m0/s1. The Labute approximate surface area is 152 Å². The smallest absolute Gasteiger partial charge is 0.295 e. The molecule has 0 saturated heterocycles. The molecule has 0 aromatic heterocycles. The van der Waals surface area contributed by atoms with Crippen LogP contribution in [-0.4, -0.2) is 12.5 Å². The minimum absolute atomic E-state index is 0.119. The van der Waals surface area contributed by atoms with Crippen LogP contribution in [0.1, 0.15) is 76.0 Å². The van der Waals surface area contributed by atoms with E-state index in [2.05, 4.69) is 57.1 Å². The molecule has 3 atom stereocenters. The summed E-state index contributed by atoms with van der Waals surface area (Å²) in [6.45, 7) is 10.0. The molecule has 2 heteroatoms. The molecule has 2 aliphatic rings. The van der Waals surface area contributed by atoms with Crippen molar-refractivity contribution in [3.63, 3.8) is 0 Å². The van der Waals surface area contributed by atoms with Gasteiger partial charge in [-0.2, -0.15) is 0 Å². The van der Waals surface area contributed by atoms with Crippen molar-refractivity contribution in [2.75, 3.05) is 6.54 Å². The van der Waals surface area contributed by atoms with Crippen LogP contribution in [0.4, 0.5) is 0 Å². The molecule has 2 nitrogen and oxygen atoms in total. The monoisotopic (exact) mass is 337 g/mol. The highest BCUT2D eigenvalue weighted by Gasteiger charge is 2.51. The Kier molecular flexibility index (Phi) is 4.71. The maximum atomic E-state index is 11.6. The summed E-state index contributed by atoms with van der Waals surface area (Å²) in [5.41, 5.74) is 4.86. The zero-order valence-electron chi connectivity index (χ0n) is 16.1. The van der Waals surface area contributed by atoms with Gasteiger partial charge in [0.2, 0.25) is 0 Å². The van der Waals surface area contributed by atoms with E-state index in [4.69, 9.17) is 6.42 Å². The summed E-state index contributed by atoms with van der Waals surface area (Å²) in [5.74, 6) is 3.06. The van der Waals surface area contributed by atoms with Crippen molar-refractivity contribution < 1.29 is 4.79 Å². The lowest BCUT2D eigenvalue weighted by atomic mass is 9.49. The van der Waals surface area contributed by atoms with Crippen molar-refractivity contribution in [1.82, 2.24) is 5.32 Å². The molecule has 134 valence electrons. The second-order valence-corrected chi connectivity index (χ2v) is 8.91. The third kappa shape index (κ3) is 3.10. The van der Waals surface area contributed by atoms with Gasteiger partial charge in [0, 0.05) is 6.54 Å². The molecular formula is C23H31NO. The van der Waals surface area contributed by atoms with Gasteiger partial charge in [0.1, 0.15) is 0 Å². The van der Waals surface area contributed by atoms with Gasteiger partial charge in [-0.15, -0.1) is 6.42 Å². The van der Waals surface area contributed by atoms with Crippen molar-refractivity contribution in [3.05, 3.63) is 34.9 Å². The number of fused-ring (bicyclic) bond motifs is 3. The summed E-state index contributed by atoms with van der Waals surface area (Å²) in [5, 5.41) is 2.97. The molecule has 0 aliphatic heterocycles. The number of carbonyl (C=O) groups is 1. The normalized spacial score (nSPS) is 31.0. The van der Waals surface area contributed by atoms with E-state index in [1.807, 2.05) is 0 Å². The van der Waals surface area contributed by atoms with Crippen molar-refractivity contribution in [1.29, 1.82) is 0 Å². The lowest BCUT2D eigenvalue weighted by Crippen LogP contribution is -2.53. The van der Waals surface area contributed by atoms with E-state index in [0.29, 0.717) is 18.4 Å². The first-order valence-corrected chi connectivity index (χ1v) is 9.68. The molecule has 1 amide bonds. The first-order chi connectivity index (χ1) is 11.8. The minimum Gasteiger partial charge on any atom is -0.345 e. The van der Waals surface area contributed by atoms with Crippen molar-refractivity contribution in [2.45, 2.75) is 71.1 Å². The molecule has 1 aromatic rings. The number of aryl methyl sites for hydroxylation is 1. The molecule has 0 spiro atoms. The summed E-state index contributed by atoms with van der Waals surface area (Å²) in [4.78, 5) is 11.6. The predicted octanol–water partition coefficient (Wildman–Crippen LogP) is 4.57. The Morgan fingerprint density at radius 3 is 2.80 bits per heavy atom. The highest BCUT2D eigenvalue weighted by Crippen LogP contribution is 2.57. The Bertz CT molecular complexity index is 713. The maximum Gasteiger partial charge on any atom is 0.295 e. The van der Waals surface area contributed by atoms with Crippen LogP contribution in [0.3, 0.4) is 0 Å². The quantitative estimate of drug-likeness (QED) is 0.804. The Morgan fingerprint density at radius 1 is 1.36 bits per heavy atom. The topological polar surface area (TPSA) is 29.1 Å². The highest BCUT2D eigenvalue weighted by atomic mass is 16.1. The average Bonchev–Trinajstić information content (AvgIpc) is 2.59. The minimum atomic E-state index is -0.286. The average molecular weight is 338 g/mol. The predicted molar refractivity (Wildman–Crippen MR) is 103 cm³/mol. The van der Waals surface area contributed by atoms with Crippen LogP contribution in [0.5, 0.6) is 0 Å².